The Hall–Kier alpha value is -2.37. The monoisotopic (exact) mass is 289 g/mol. The molecule has 0 bridgehead atoms. The average Bonchev–Trinajstić information content (AvgIpc) is 2.80. The van der Waals surface area contributed by atoms with Crippen LogP contribution in [0.1, 0.15) is 27.2 Å². The van der Waals surface area contributed by atoms with Crippen LogP contribution >= 0.6 is 0 Å². The number of carbonyl (C=O) groups excluding carboxylic acids is 1. The summed E-state index contributed by atoms with van der Waals surface area (Å²) in [6.45, 7) is 6.17. The van der Waals surface area contributed by atoms with Gasteiger partial charge in [-0.05, 0) is 32.4 Å². The van der Waals surface area contributed by atoms with E-state index in [-0.39, 0.29) is 23.7 Å². The molecule has 2 rings (SSSR count). The maximum atomic E-state index is 12.1. The molecule has 1 aromatic carbocycles. The van der Waals surface area contributed by atoms with Gasteiger partial charge in [0.15, 0.2) is 0 Å². The largest absolute Gasteiger partial charge is 0.350 e. The Morgan fingerprint density at radius 3 is 2.71 bits per heavy atom. The molecule has 112 valence electrons. The van der Waals surface area contributed by atoms with E-state index in [0.717, 1.165) is 17.3 Å². The summed E-state index contributed by atoms with van der Waals surface area (Å²) >= 11 is 0. The van der Waals surface area contributed by atoms with Crippen LogP contribution in [0.15, 0.2) is 30.5 Å². The summed E-state index contributed by atoms with van der Waals surface area (Å²) in [7, 11) is 0. The van der Waals surface area contributed by atoms with Gasteiger partial charge in [0.1, 0.15) is 6.54 Å². The summed E-state index contributed by atoms with van der Waals surface area (Å²) in [6, 6.07) is 6.42. The van der Waals surface area contributed by atoms with Crippen LogP contribution < -0.4 is 5.32 Å². The van der Waals surface area contributed by atoms with E-state index in [0.29, 0.717) is 0 Å². The van der Waals surface area contributed by atoms with E-state index in [9.17, 15) is 14.9 Å². The Morgan fingerprint density at radius 1 is 1.38 bits per heavy atom. The minimum Gasteiger partial charge on any atom is -0.350 e. The number of carbonyl (C=O) groups is 1. The Morgan fingerprint density at radius 2 is 2.10 bits per heavy atom. The topological polar surface area (TPSA) is 77.2 Å². The number of nitro groups is 1. The molecule has 0 fully saturated rings. The van der Waals surface area contributed by atoms with Crippen LogP contribution in [0.2, 0.25) is 0 Å². The molecule has 0 aliphatic heterocycles. The Kier molecular flexibility index (Phi) is 3.97. The number of aromatic nitrogens is 1. The highest BCUT2D eigenvalue weighted by atomic mass is 16.6. The molecule has 0 aliphatic carbocycles. The molecule has 21 heavy (non-hydrogen) atoms. The molecule has 0 saturated carbocycles. The molecule has 6 nitrogen and oxygen atoms in total. The number of nitrogens with one attached hydrogen (secondary N) is 1. The highest BCUT2D eigenvalue weighted by Crippen LogP contribution is 2.22. The van der Waals surface area contributed by atoms with Gasteiger partial charge in [-0.25, -0.2) is 0 Å². The molecule has 1 heterocycles. The smallest absolute Gasteiger partial charge is 0.270 e. The van der Waals surface area contributed by atoms with Gasteiger partial charge in [-0.3, -0.25) is 14.9 Å². The summed E-state index contributed by atoms with van der Waals surface area (Å²) in [5.41, 5.74) is 0.626. The zero-order valence-electron chi connectivity index (χ0n) is 12.4. The minimum atomic E-state index is -0.423. The lowest BCUT2D eigenvalue weighted by Gasteiger charge is -2.24. The van der Waals surface area contributed by atoms with Crippen LogP contribution in [0.5, 0.6) is 0 Å². The third-order valence-corrected chi connectivity index (χ3v) is 3.64. The maximum absolute atomic E-state index is 12.1. The van der Waals surface area contributed by atoms with Crippen LogP contribution in [-0.4, -0.2) is 20.9 Å². The van der Waals surface area contributed by atoms with Crippen LogP contribution in [-0.2, 0) is 11.3 Å². The van der Waals surface area contributed by atoms with Crippen molar-refractivity contribution < 1.29 is 9.72 Å². The van der Waals surface area contributed by atoms with E-state index in [4.69, 9.17) is 0 Å². The van der Waals surface area contributed by atoms with Crippen molar-refractivity contribution in [2.45, 2.75) is 39.3 Å². The zero-order chi connectivity index (χ0) is 15.6. The summed E-state index contributed by atoms with van der Waals surface area (Å²) < 4.78 is 1.79. The first-order valence-electron chi connectivity index (χ1n) is 6.87. The summed E-state index contributed by atoms with van der Waals surface area (Å²) in [5, 5.41) is 14.5. The molecule has 1 amide bonds. The van der Waals surface area contributed by atoms with Gasteiger partial charge in [0.25, 0.3) is 5.69 Å². The lowest BCUT2D eigenvalue weighted by atomic mass is 10.0. The third-order valence-electron chi connectivity index (χ3n) is 3.64. The van der Waals surface area contributed by atoms with E-state index in [1.165, 1.54) is 12.1 Å². The van der Waals surface area contributed by atoms with Gasteiger partial charge in [0.2, 0.25) is 5.91 Å². The molecule has 0 unspecified atom stereocenters. The number of hydrogen-bond donors (Lipinski definition) is 1. The van der Waals surface area contributed by atoms with E-state index in [1.807, 2.05) is 20.8 Å². The van der Waals surface area contributed by atoms with E-state index >= 15 is 0 Å². The van der Waals surface area contributed by atoms with Crippen LogP contribution in [0.25, 0.3) is 10.9 Å². The van der Waals surface area contributed by atoms with E-state index in [1.54, 1.807) is 22.9 Å². The second-order valence-corrected chi connectivity index (χ2v) is 5.73. The summed E-state index contributed by atoms with van der Waals surface area (Å²) in [4.78, 5) is 22.4. The van der Waals surface area contributed by atoms with Crippen molar-refractivity contribution in [2.24, 2.45) is 0 Å². The van der Waals surface area contributed by atoms with Gasteiger partial charge in [0.05, 0.1) is 4.92 Å². The summed E-state index contributed by atoms with van der Waals surface area (Å²) in [5.74, 6) is -0.0716. The van der Waals surface area contributed by atoms with Crippen molar-refractivity contribution in [3.63, 3.8) is 0 Å². The predicted molar refractivity (Wildman–Crippen MR) is 81.1 cm³/mol. The number of rotatable bonds is 5. The fourth-order valence-electron chi connectivity index (χ4n) is 2.10. The Bertz CT molecular complexity index is 689. The molecular formula is C15H19N3O3. The SMILES string of the molecule is CCC(C)(C)NC(=O)Cn1ccc2cc([N+](=O)[O-])ccc21. The molecule has 2 aromatic rings. The van der Waals surface area contributed by atoms with Crippen LogP contribution in [0, 0.1) is 10.1 Å². The second-order valence-electron chi connectivity index (χ2n) is 5.73. The van der Waals surface area contributed by atoms with Crippen LogP contribution in [0.3, 0.4) is 0 Å². The average molecular weight is 289 g/mol. The first-order valence-corrected chi connectivity index (χ1v) is 6.87. The van der Waals surface area contributed by atoms with Gasteiger partial charge < -0.3 is 9.88 Å². The van der Waals surface area contributed by atoms with Crippen molar-refractivity contribution in [3.05, 3.63) is 40.6 Å². The van der Waals surface area contributed by atoms with Crippen molar-refractivity contribution in [2.75, 3.05) is 0 Å². The standard InChI is InChI=1S/C15H19N3O3/c1-4-15(2,3)16-14(19)10-17-8-7-11-9-12(18(20)21)5-6-13(11)17/h5-9H,4,10H2,1-3H3,(H,16,19). The molecular weight excluding hydrogens is 270 g/mol. The number of nitrogens with zero attached hydrogens (tertiary/aromatic N) is 2. The van der Waals surface area contributed by atoms with E-state index < -0.39 is 4.92 Å². The molecule has 0 atom stereocenters. The minimum absolute atomic E-state index is 0.0526. The van der Waals surface area contributed by atoms with Crippen molar-refractivity contribution >= 4 is 22.5 Å². The highest BCUT2D eigenvalue weighted by Gasteiger charge is 2.18. The lowest BCUT2D eigenvalue weighted by Crippen LogP contribution is -2.44. The molecule has 1 N–H and O–H groups in total. The number of nitro benzene ring substituents is 1. The van der Waals surface area contributed by atoms with Crippen molar-refractivity contribution in [1.82, 2.24) is 9.88 Å². The number of non-ortho nitro benzene ring substituents is 1. The first kappa shape index (κ1) is 15.0. The highest BCUT2D eigenvalue weighted by molar-refractivity contribution is 5.85. The van der Waals surface area contributed by atoms with Crippen LogP contribution in [0.4, 0.5) is 5.69 Å². The quantitative estimate of drug-likeness (QED) is 0.679. The number of fused-ring (bicyclic) bond motifs is 1. The summed E-state index contributed by atoms with van der Waals surface area (Å²) in [6.07, 6.45) is 2.62. The number of hydrogen-bond acceptors (Lipinski definition) is 3. The number of amides is 1. The van der Waals surface area contributed by atoms with Gasteiger partial charge in [-0.15, -0.1) is 0 Å². The Labute approximate surface area is 122 Å². The molecule has 0 radical (unpaired) electrons. The molecule has 6 heteroatoms. The van der Waals surface area contributed by atoms with Crippen molar-refractivity contribution in [3.8, 4) is 0 Å². The van der Waals surface area contributed by atoms with Crippen molar-refractivity contribution in [1.29, 1.82) is 0 Å². The molecule has 0 saturated heterocycles. The molecule has 0 aliphatic rings. The normalized spacial score (nSPS) is 11.6. The van der Waals surface area contributed by atoms with Gasteiger partial charge in [0, 0.05) is 34.8 Å². The number of benzene rings is 1. The first-order chi connectivity index (χ1) is 9.82. The fourth-order valence-corrected chi connectivity index (χ4v) is 2.10. The molecule has 0 spiro atoms. The lowest BCUT2D eigenvalue weighted by molar-refractivity contribution is -0.384. The van der Waals surface area contributed by atoms with Gasteiger partial charge in [-0.1, -0.05) is 6.92 Å². The third kappa shape index (κ3) is 3.39. The predicted octanol–water partition coefficient (Wildman–Crippen LogP) is 2.85. The molecule has 1 aromatic heterocycles. The van der Waals surface area contributed by atoms with Gasteiger partial charge >= 0.3 is 0 Å². The maximum Gasteiger partial charge on any atom is 0.270 e. The second kappa shape index (κ2) is 5.55. The van der Waals surface area contributed by atoms with E-state index in [2.05, 4.69) is 5.32 Å². The fraction of sp³-hybridized carbons (Fsp3) is 0.400. The van der Waals surface area contributed by atoms with Gasteiger partial charge in [-0.2, -0.15) is 0 Å². The zero-order valence-corrected chi connectivity index (χ0v) is 12.4. The Balaban J connectivity index is 2.20.